The molecular weight excluding hydrogens is 303 g/mol. The summed E-state index contributed by atoms with van der Waals surface area (Å²) in [4.78, 5) is 14.5. The van der Waals surface area contributed by atoms with E-state index in [2.05, 4.69) is 0 Å². The minimum absolute atomic E-state index is 0.0276. The Morgan fingerprint density at radius 2 is 1.87 bits per heavy atom. The van der Waals surface area contributed by atoms with Crippen molar-refractivity contribution in [2.75, 3.05) is 13.1 Å². The first-order valence-electron chi connectivity index (χ1n) is 8.41. The molecule has 4 rings (SSSR count). The van der Waals surface area contributed by atoms with Gasteiger partial charge in [0.2, 0.25) is 5.91 Å². The molecule has 1 aromatic rings. The van der Waals surface area contributed by atoms with Crippen LogP contribution in [-0.2, 0) is 11.0 Å². The standard InChI is InChI=1S/C18H20F3NO/c19-18(20,21)13-4-1-3-11(9-13)12-7-8-22(10-12)17(23)16-14-5-2-6-15(14)16/h1,3-4,9,12,14-16H,2,5-8,10H2/t12?,14-,15+,16?. The van der Waals surface area contributed by atoms with Crippen molar-refractivity contribution in [1.29, 1.82) is 0 Å². The van der Waals surface area contributed by atoms with Crippen LogP contribution in [0, 0.1) is 17.8 Å². The van der Waals surface area contributed by atoms with Crippen LogP contribution in [0.15, 0.2) is 24.3 Å². The maximum Gasteiger partial charge on any atom is 0.416 e. The van der Waals surface area contributed by atoms with Crippen molar-refractivity contribution in [1.82, 2.24) is 4.90 Å². The lowest BCUT2D eigenvalue weighted by Crippen LogP contribution is -2.31. The third-order valence-corrected chi connectivity index (χ3v) is 5.88. The Labute approximate surface area is 133 Å². The van der Waals surface area contributed by atoms with E-state index in [4.69, 9.17) is 0 Å². The minimum atomic E-state index is -4.31. The van der Waals surface area contributed by atoms with E-state index in [1.807, 2.05) is 4.90 Å². The van der Waals surface area contributed by atoms with Crippen molar-refractivity contribution in [2.45, 2.75) is 37.8 Å². The van der Waals surface area contributed by atoms with Crippen LogP contribution in [0.5, 0.6) is 0 Å². The predicted molar refractivity (Wildman–Crippen MR) is 79.7 cm³/mol. The van der Waals surface area contributed by atoms with Gasteiger partial charge in [0.1, 0.15) is 0 Å². The number of carbonyl (C=O) groups excluding carboxylic acids is 1. The summed E-state index contributed by atoms with van der Waals surface area (Å²) in [5.41, 5.74) is 0.0996. The Morgan fingerprint density at radius 3 is 2.57 bits per heavy atom. The van der Waals surface area contributed by atoms with Crippen LogP contribution in [0.3, 0.4) is 0 Å². The number of alkyl halides is 3. The summed E-state index contributed by atoms with van der Waals surface area (Å²) < 4.78 is 38.5. The van der Waals surface area contributed by atoms with Crippen LogP contribution in [-0.4, -0.2) is 23.9 Å². The summed E-state index contributed by atoms with van der Waals surface area (Å²) >= 11 is 0. The van der Waals surface area contributed by atoms with Gasteiger partial charge in [-0.25, -0.2) is 0 Å². The summed E-state index contributed by atoms with van der Waals surface area (Å²) in [6.45, 7) is 1.24. The number of likely N-dealkylation sites (tertiary alicyclic amines) is 1. The molecule has 3 aliphatic rings. The third-order valence-electron chi connectivity index (χ3n) is 5.88. The fourth-order valence-electron chi connectivity index (χ4n) is 4.60. The van der Waals surface area contributed by atoms with E-state index in [0.29, 0.717) is 30.5 Å². The zero-order chi connectivity index (χ0) is 16.2. The van der Waals surface area contributed by atoms with Crippen LogP contribution in [0.25, 0.3) is 0 Å². The lowest BCUT2D eigenvalue weighted by Gasteiger charge is -2.18. The molecule has 1 aromatic carbocycles. The maximum atomic E-state index is 12.8. The smallest absolute Gasteiger partial charge is 0.342 e. The summed E-state index contributed by atoms with van der Waals surface area (Å²) in [7, 11) is 0. The van der Waals surface area contributed by atoms with Gasteiger partial charge in [-0.2, -0.15) is 13.2 Å². The Kier molecular flexibility index (Phi) is 3.43. The lowest BCUT2D eigenvalue weighted by atomic mass is 9.96. The lowest BCUT2D eigenvalue weighted by molar-refractivity contribution is -0.137. The van der Waals surface area contributed by atoms with E-state index in [1.165, 1.54) is 31.4 Å². The normalized spacial score (nSPS) is 32.9. The quantitative estimate of drug-likeness (QED) is 0.803. The highest BCUT2D eigenvalue weighted by molar-refractivity contribution is 5.83. The summed E-state index contributed by atoms with van der Waals surface area (Å²) in [6, 6.07) is 5.56. The maximum absolute atomic E-state index is 12.8. The Balaban J connectivity index is 1.43. The monoisotopic (exact) mass is 323 g/mol. The molecule has 2 unspecified atom stereocenters. The molecule has 0 spiro atoms. The number of nitrogens with zero attached hydrogens (tertiary/aromatic N) is 1. The van der Waals surface area contributed by atoms with Crippen LogP contribution in [0.2, 0.25) is 0 Å². The number of rotatable bonds is 2. The van der Waals surface area contributed by atoms with Gasteiger partial charge in [-0.05, 0) is 42.7 Å². The number of fused-ring (bicyclic) bond motifs is 1. The first-order valence-corrected chi connectivity index (χ1v) is 8.41. The molecule has 0 aromatic heterocycles. The van der Waals surface area contributed by atoms with Gasteiger partial charge in [0.05, 0.1) is 5.56 Å². The van der Waals surface area contributed by atoms with Gasteiger partial charge >= 0.3 is 6.18 Å². The average Bonchev–Trinajstić information content (AvgIpc) is 2.93. The molecule has 5 heteroatoms. The molecule has 124 valence electrons. The summed E-state index contributed by atoms with van der Waals surface area (Å²) in [6.07, 6.45) is 0.0363. The summed E-state index contributed by atoms with van der Waals surface area (Å²) in [5.74, 6) is 1.67. The Morgan fingerprint density at radius 1 is 1.13 bits per heavy atom. The van der Waals surface area contributed by atoms with E-state index in [9.17, 15) is 18.0 Å². The number of benzene rings is 1. The van der Waals surface area contributed by atoms with Crippen LogP contribution < -0.4 is 0 Å². The van der Waals surface area contributed by atoms with Gasteiger partial charge < -0.3 is 4.90 Å². The number of amides is 1. The molecular formula is C18H20F3NO. The predicted octanol–water partition coefficient (Wildman–Crippen LogP) is 4.07. The topological polar surface area (TPSA) is 20.3 Å². The first-order chi connectivity index (χ1) is 10.9. The number of carbonyl (C=O) groups is 1. The molecule has 2 nitrogen and oxygen atoms in total. The van der Waals surface area contributed by atoms with E-state index in [1.54, 1.807) is 6.07 Å². The highest BCUT2D eigenvalue weighted by Gasteiger charge is 2.57. The van der Waals surface area contributed by atoms with Crippen molar-refractivity contribution in [3.63, 3.8) is 0 Å². The van der Waals surface area contributed by atoms with E-state index < -0.39 is 11.7 Å². The number of halogens is 3. The number of hydrogen-bond donors (Lipinski definition) is 0. The molecule has 0 radical (unpaired) electrons. The fourth-order valence-corrected chi connectivity index (χ4v) is 4.60. The SMILES string of the molecule is O=C(C1[C@H]2CCC[C@@H]12)N1CCC(c2cccc(C(F)(F)F)c2)C1. The van der Waals surface area contributed by atoms with Crippen LogP contribution in [0.1, 0.15) is 42.7 Å². The fraction of sp³-hybridized carbons (Fsp3) is 0.611. The first kappa shape index (κ1) is 15.0. The van der Waals surface area contributed by atoms with E-state index in [-0.39, 0.29) is 17.7 Å². The van der Waals surface area contributed by atoms with E-state index in [0.717, 1.165) is 12.5 Å². The Bertz CT molecular complexity index is 617. The molecule has 1 saturated heterocycles. The molecule has 1 aliphatic heterocycles. The van der Waals surface area contributed by atoms with Gasteiger partial charge in [-0.1, -0.05) is 24.6 Å². The second-order valence-corrected chi connectivity index (χ2v) is 7.18. The molecule has 0 bridgehead atoms. The molecule has 1 amide bonds. The zero-order valence-corrected chi connectivity index (χ0v) is 12.9. The van der Waals surface area contributed by atoms with Gasteiger partial charge in [-0.15, -0.1) is 0 Å². The molecule has 3 fully saturated rings. The van der Waals surface area contributed by atoms with Crippen molar-refractivity contribution >= 4 is 5.91 Å². The molecule has 0 N–H and O–H groups in total. The van der Waals surface area contributed by atoms with Crippen molar-refractivity contribution < 1.29 is 18.0 Å². The highest BCUT2D eigenvalue weighted by Crippen LogP contribution is 2.58. The molecule has 1 heterocycles. The molecule has 4 atom stereocenters. The highest BCUT2D eigenvalue weighted by atomic mass is 19.4. The molecule has 2 aliphatic carbocycles. The van der Waals surface area contributed by atoms with Crippen molar-refractivity contribution in [2.24, 2.45) is 17.8 Å². The van der Waals surface area contributed by atoms with Gasteiger partial charge in [-0.3, -0.25) is 4.79 Å². The van der Waals surface area contributed by atoms with E-state index >= 15 is 0 Å². The zero-order valence-electron chi connectivity index (χ0n) is 12.9. The minimum Gasteiger partial charge on any atom is -0.342 e. The summed E-state index contributed by atoms with van der Waals surface area (Å²) in [5, 5.41) is 0. The molecule has 2 saturated carbocycles. The second kappa shape index (κ2) is 5.25. The average molecular weight is 323 g/mol. The molecule has 23 heavy (non-hydrogen) atoms. The van der Waals surface area contributed by atoms with Gasteiger partial charge in [0, 0.05) is 24.9 Å². The van der Waals surface area contributed by atoms with Gasteiger partial charge in [0.25, 0.3) is 0 Å². The third kappa shape index (κ3) is 2.64. The van der Waals surface area contributed by atoms with Gasteiger partial charge in [0.15, 0.2) is 0 Å². The largest absolute Gasteiger partial charge is 0.416 e. The second-order valence-electron chi connectivity index (χ2n) is 7.18. The van der Waals surface area contributed by atoms with Crippen LogP contribution in [0.4, 0.5) is 13.2 Å². The Hall–Kier alpha value is -1.52. The van der Waals surface area contributed by atoms with Crippen molar-refractivity contribution in [3.05, 3.63) is 35.4 Å². The number of hydrogen-bond acceptors (Lipinski definition) is 1. The van der Waals surface area contributed by atoms with Crippen LogP contribution >= 0.6 is 0 Å². The van der Waals surface area contributed by atoms with Crippen molar-refractivity contribution in [3.8, 4) is 0 Å².